The standard InChI is InChI=1S/C14H18N4O2/c1-9-11(10(2)18(3)17-9)8-13(19)16-12-6-5-7-15-14(12)20-4/h5-7H,8H2,1-4H3,(H,16,19). The summed E-state index contributed by atoms with van der Waals surface area (Å²) >= 11 is 0. The molecule has 0 spiro atoms. The third kappa shape index (κ3) is 2.79. The van der Waals surface area contributed by atoms with Crippen molar-refractivity contribution in [2.75, 3.05) is 12.4 Å². The van der Waals surface area contributed by atoms with Crippen molar-refractivity contribution in [3.05, 3.63) is 35.3 Å². The average molecular weight is 274 g/mol. The Morgan fingerprint density at radius 1 is 1.45 bits per heavy atom. The number of nitrogens with one attached hydrogen (secondary N) is 1. The minimum atomic E-state index is -0.115. The van der Waals surface area contributed by atoms with E-state index in [-0.39, 0.29) is 12.3 Å². The Morgan fingerprint density at radius 3 is 2.80 bits per heavy atom. The monoisotopic (exact) mass is 274 g/mol. The minimum absolute atomic E-state index is 0.115. The quantitative estimate of drug-likeness (QED) is 0.920. The van der Waals surface area contributed by atoms with Crippen molar-refractivity contribution in [2.24, 2.45) is 7.05 Å². The zero-order chi connectivity index (χ0) is 14.7. The van der Waals surface area contributed by atoms with Crippen LogP contribution in [0.25, 0.3) is 0 Å². The van der Waals surface area contributed by atoms with E-state index in [4.69, 9.17) is 4.74 Å². The molecule has 0 aliphatic carbocycles. The van der Waals surface area contributed by atoms with Crippen LogP contribution in [0.5, 0.6) is 5.88 Å². The van der Waals surface area contributed by atoms with Gasteiger partial charge in [0.15, 0.2) is 0 Å². The maximum absolute atomic E-state index is 12.1. The van der Waals surface area contributed by atoms with E-state index in [1.54, 1.807) is 23.0 Å². The summed E-state index contributed by atoms with van der Waals surface area (Å²) < 4.78 is 6.89. The van der Waals surface area contributed by atoms with Gasteiger partial charge < -0.3 is 10.1 Å². The maximum atomic E-state index is 12.1. The molecule has 0 atom stereocenters. The van der Waals surface area contributed by atoms with Gasteiger partial charge in [-0.2, -0.15) is 5.10 Å². The highest BCUT2D eigenvalue weighted by atomic mass is 16.5. The number of hydrogen-bond donors (Lipinski definition) is 1. The van der Waals surface area contributed by atoms with Crippen LogP contribution in [0.1, 0.15) is 17.0 Å². The smallest absolute Gasteiger partial charge is 0.237 e. The lowest BCUT2D eigenvalue weighted by atomic mass is 10.1. The van der Waals surface area contributed by atoms with E-state index in [1.165, 1.54) is 7.11 Å². The second-order valence-electron chi connectivity index (χ2n) is 4.56. The van der Waals surface area contributed by atoms with Crippen LogP contribution in [0, 0.1) is 13.8 Å². The van der Waals surface area contributed by atoms with Gasteiger partial charge in [0.25, 0.3) is 0 Å². The molecule has 0 saturated carbocycles. The SMILES string of the molecule is COc1ncccc1NC(=O)Cc1c(C)nn(C)c1C. The Morgan fingerprint density at radius 2 is 2.20 bits per heavy atom. The number of ether oxygens (including phenoxy) is 1. The van der Waals surface area contributed by atoms with Gasteiger partial charge in [-0.25, -0.2) is 4.98 Å². The Labute approximate surface area is 117 Å². The fourth-order valence-corrected chi connectivity index (χ4v) is 2.08. The molecule has 2 rings (SSSR count). The van der Waals surface area contributed by atoms with Crippen LogP contribution in [0.2, 0.25) is 0 Å². The van der Waals surface area contributed by atoms with Crippen LogP contribution < -0.4 is 10.1 Å². The van der Waals surface area contributed by atoms with Crippen molar-refractivity contribution in [3.63, 3.8) is 0 Å². The molecule has 0 aromatic carbocycles. The Bertz CT molecular complexity index is 634. The predicted octanol–water partition coefficient (Wildman–Crippen LogP) is 1.62. The van der Waals surface area contributed by atoms with Crippen LogP contribution in [-0.2, 0) is 18.3 Å². The first-order valence-electron chi connectivity index (χ1n) is 6.31. The Balaban J connectivity index is 2.13. The lowest BCUT2D eigenvalue weighted by Crippen LogP contribution is -2.16. The largest absolute Gasteiger partial charge is 0.480 e. The Hall–Kier alpha value is -2.37. The van der Waals surface area contributed by atoms with E-state index >= 15 is 0 Å². The summed E-state index contributed by atoms with van der Waals surface area (Å²) in [5.74, 6) is 0.288. The normalized spacial score (nSPS) is 10.4. The highest BCUT2D eigenvalue weighted by Crippen LogP contribution is 2.20. The van der Waals surface area contributed by atoms with Gasteiger partial charge in [-0.15, -0.1) is 0 Å². The van der Waals surface area contributed by atoms with E-state index in [2.05, 4.69) is 15.4 Å². The topological polar surface area (TPSA) is 69.0 Å². The number of nitrogens with zero attached hydrogens (tertiary/aromatic N) is 3. The molecule has 0 fully saturated rings. The van der Waals surface area contributed by atoms with Gasteiger partial charge >= 0.3 is 0 Å². The highest BCUT2D eigenvalue weighted by molar-refractivity contribution is 5.93. The molecular weight excluding hydrogens is 256 g/mol. The zero-order valence-corrected chi connectivity index (χ0v) is 12.1. The molecule has 0 unspecified atom stereocenters. The molecule has 106 valence electrons. The van der Waals surface area contributed by atoms with Crippen LogP contribution >= 0.6 is 0 Å². The molecule has 2 heterocycles. The highest BCUT2D eigenvalue weighted by Gasteiger charge is 2.15. The molecule has 1 amide bonds. The lowest BCUT2D eigenvalue weighted by Gasteiger charge is -2.08. The van der Waals surface area contributed by atoms with E-state index in [0.717, 1.165) is 17.0 Å². The van der Waals surface area contributed by atoms with Gasteiger partial charge in [0.05, 0.1) is 19.2 Å². The summed E-state index contributed by atoms with van der Waals surface area (Å²) in [6.07, 6.45) is 1.90. The first kappa shape index (κ1) is 14.0. The molecule has 2 aromatic heterocycles. The molecule has 2 aromatic rings. The van der Waals surface area contributed by atoms with Gasteiger partial charge in [-0.1, -0.05) is 0 Å². The summed E-state index contributed by atoms with van der Waals surface area (Å²) in [4.78, 5) is 16.2. The van der Waals surface area contributed by atoms with E-state index < -0.39 is 0 Å². The number of aromatic nitrogens is 3. The number of rotatable bonds is 4. The lowest BCUT2D eigenvalue weighted by molar-refractivity contribution is -0.115. The Kier molecular flexibility index (Phi) is 4.02. The fourth-order valence-electron chi connectivity index (χ4n) is 2.08. The van der Waals surface area contributed by atoms with Gasteiger partial charge in [0.1, 0.15) is 5.69 Å². The number of carbonyl (C=O) groups is 1. The summed E-state index contributed by atoms with van der Waals surface area (Å²) in [6, 6.07) is 3.51. The van der Waals surface area contributed by atoms with E-state index in [0.29, 0.717) is 11.6 Å². The van der Waals surface area contributed by atoms with E-state index in [9.17, 15) is 4.79 Å². The first-order chi connectivity index (χ1) is 9.52. The third-order valence-electron chi connectivity index (χ3n) is 3.23. The van der Waals surface area contributed by atoms with Crippen molar-refractivity contribution in [2.45, 2.75) is 20.3 Å². The number of pyridine rings is 1. The molecule has 0 bridgehead atoms. The first-order valence-corrected chi connectivity index (χ1v) is 6.31. The zero-order valence-electron chi connectivity index (χ0n) is 12.1. The van der Waals surface area contributed by atoms with E-state index in [1.807, 2.05) is 20.9 Å². The molecule has 20 heavy (non-hydrogen) atoms. The van der Waals surface area contributed by atoms with Crippen molar-refractivity contribution in [3.8, 4) is 5.88 Å². The minimum Gasteiger partial charge on any atom is -0.480 e. The predicted molar refractivity (Wildman–Crippen MR) is 75.8 cm³/mol. The average Bonchev–Trinajstić information content (AvgIpc) is 2.66. The van der Waals surface area contributed by atoms with Crippen molar-refractivity contribution in [1.29, 1.82) is 0 Å². The van der Waals surface area contributed by atoms with Crippen LogP contribution in [0.3, 0.4) is 0 Å². The number of aryl methyl sites for hydroxylation is 2. The molecule has 0 aliphatic rings. The van der Waals surface area contributed by atoms with Gasteiger partial charge in [-0.05, 0) is 26.0 Å². The van der Waals surface area contributed by atoms with Crippen LogP contribution in [0.4, 0.5) is 5.69 Å². The van der Waals surface area contributed by atoms with Crippen molar-refractivity contribution >= 4 is 11.6 Å². The third-order valence-corrected chi connectivity index (χ3v) is 3.23. The van der Waals surface area contributed by atoms with Gasteiger partial charge in [0, 0.05) is 24.5 Å². The van der Waals surface area contributed by atoms with Crippen molar-refractivity contribution < 1.29 is 9.53 Å². The molecule has 6 heteroatoms. The summed E-state index contributed by atoms with van der Waals surface area (Å²) in [7, 11) is 3.39. The number of anilines is 1. The van der Waals surface area contributed by atoms with Gasteiger partial charge in [-0.3, -0.25) is 9.48 Å². The van der Waals surface area contributed by atoms with Gasteiger partial charge in [0.2, 0.25) is 11.8 Å². The second-order valence-corrected chi connectivity index (χ2v) is 4.56. The number of carbonyl (C=O) groups excluding carboxylic acids is 1. The fraction of sp³-hybridized carbons (Fsp3) is 0.357. The number of methoxy groups -OCH3 is 1. The van der Waals surface area contributed by atoms with Crippen LogP contribution in [-0.4, -0.2) is 27.8 Å². The summed E-state index contributed by atoms with van der Waals surface area (Å²) in [5.41, 5.74) is 3.39. The second kappa shape index (κ2) is 5.73. The molecule has 6 nitrogen and oxygen atoms in total. The van der Waals surface area contributed by atoms with Crippen LogP contribution in [0.15, 0.2) is 18.3 Å². The maximum Gasteiger partial charge on any atom is 0.237 e. The molecule has 1 N–H and O–H groups in total. The van der Waals surface area contributed by atoms with Crippen molar-refractivity contribution in [1.82, 2.24) is 14.8 Å². The molecular formula is C14H18N4O2. The summed E-state index contributed by atoms with van der Waals surface area (Å²) in [6.45, 7) is 3.85. The molecule has 0 saturated heterocycles. The molecule has 0 radical (unpaired) electrons. The number of amides is 1. The molecule has 0 aliphatic heterocycles. The number of hydrogen-bond acceptors (Lipinski definition) is 4. The summed E-state index contributed by atoms with van der Waals surface area (Å²) in [5, 5.41) is 7.11.